The maximum absolute atomic E-state index is 12.8. The molecule has 0 aliphatic carbocycles. The number of carbonyl (C=O) groups excluding carboxylic acids is 1. The topological polar surface area (TPSA) is 83.0 Å². The van der Waals surface area contributed by atoms with E-state index in [0.717, 1.165) is 5.56 Å². The lowest BCUT2D eigenvalue weighted by Gasteiger charge is -2.25. The minimum absolute atomic E-state index is 0.0703. The standard InChI is InChI=1S/C20H17ClN4O2/c1-13(2)25(20(26)16-5-3-14(11-22)4-6-16)12-18-23-24-19(27-18)15-7-9-17(21)10-8-15/h3-10,13H,12H2,1-2H3. The predicted octanol–water partition coefficient (Wildman–Crippen LogP) is 4.31. The molecule has 136 valence electrons. The van der Waals surface area contributed by atoms with Crippen LogP contribution in [-0.4, -0.2) is 27.0 Å². The lowest BCUT2D eigenvalue weighted by atomic mass is 10.1. The fourth-order valence-corrected chi connectivity index (χ4v) is 2.64. The third kappa shape index (κ3) is 4.33. The second-order valence-corrected chi connectivity index (χ2v) is 6.66. The van der Waals surface area contributed by atoms with Crippen molar-refractivity contribution < 1.29 is 9.21 Å². The van der Waals surface area contributed by atoms with Gasteiger partial charge < -0.3 is 9.32 Å². The van der Waals surface area contributed by atoms with Crippen LogP contribution in [0.5, 0.6) is 0 Å². The highest BCUT2D eigenvalue weighted by Gasteiger charge is 2.22. The Hall–Kier alpha value is -3.17. The van der Waals surface area contributed by atoms with Gasteiger partial charge in [0.15, 0.2) is 0 Å². The minimum Gasteiger partial charge on any atom is -0.419 e. The lowest BCUT2D eigenvalue weighted by Crippen LogP contribution is -2.36. The highest BCUT2D eigenvalue weighted by molar-refractivity contribution is 6.30. The van der Waals surface area contributed by atoms with Gasteiger partial charge in [0.2, 0.25) is 11.8 Å². The van der Waals surface area contributed by atoms with Crippen LogP contribution in [-0.2, 0) is 6.54 Å². The number of benzene rings is 2. The Kier molecular flexibility index (Phi) is 5.53. The summed E-state index contributed by atoms with van der Waals surface area (Å²) in [6.07, 6.45) is 0. The van der Waals surface area contributed by atoms with Crippen molar-refractivity contribution >= 4 is 17.5 Å². The third-order valence-electron chi connectivity index (χ3n) is 4.01. The molecule has 0 saturated carbocycles. The van der Waals surface area contributed by atoms with E-state index in [-0.39, 0.29) is 18.5 Å². The number of carbonyl (C=O) groups is 1. The fraction of sp³-hybridized carbons (Fsp3) is 0.200. The molecule has 1 amide bonds. The van der Waals surface area contributed by atoms with Crippen molar-refractivity contribution in [2.24, 2.45) is 0 Å². The first-order valence-electron chi connectivity index (χ1n) is 8.37. The van der Waals surface area contributed by atoms with Crippen molar-refractivity contribution in [3.05, 3.63) is 70.6 Å². The third-order valence-corrected chi connectivity index (χ3v) is 4.26. The first-order valence-corrected chi connectivity index (χ1v) is 8.75. The van der Waals surface area contributed by atoms with E-state index in [2.05, 4.69) is 10.2 Å². The molecule has 0 aliphatic rings. The van der Waals surface area contributed by atoms with Gasteiger partial charge in [-0.3, -0.25) is 4.79 Å². The Balaban J connectivity index is 1.79. The molecule has 0 radical (unpaired) electrons. The van der Waals surface area contributed by atoms with Gasteiger partial charge in [0.1, 0.15) is 0 Å². The van der Waals surface area contributed by atoms with Gasteiger partial charge in [-0.1, -0.05) is 11.6 Å². The zero-order valence-corrected chi connectivity index (χ0v) is 15.6. The van der Waals surface area contributed by atoms with Crippen molar-refractivity contribution in [1.29, 1.82) is 5.26 Å². The summed E-state index contributed by atoms with van der Waals surface area (Å²) in [6.45, 7) is 4.02. The first kappa shape index (κ1) is 18.6. The van der Waals surface area contributed by atoms with E-state index in [1.54, 1.807) is 53.4 Å². The summed E-state index contributed by atoms with van der Waals surface area (Å²) < 4.78 is 5.71. The van der Waals surface area contributed by atoms with Crippen LogP contribution in [0.15, 0.2) is 52.9 Å². The number of rotatable bonds is 5. The fourth-order valence-electron chi connectivity index (χ4n) is 2.51. The summed E-state index contributed by atoms with van der Waals surface area (Å²) in [5.74, 6) is 0.549. The largest absolute Gasteiger partial charge is 0.419 e. The zero-order chi connectivity index (χ0) is 19.4. The second kappa shape index (κ2) is 8.02. The summed E-state index contributed by atoms with van der Waals surface area (Å²) in [4.78, 5) is 14.5. The van der Waals surface area contributed by atoms with E-state index in [1.165, 1.54) is 0 Å². The Morgan fingerprint density at radius 3 is 2.41 bits per heavy atom. The quantitative estimate of drug-likeness (QED) is 0.658. The number of amides is 1. The molecule has 0 bridgehead atoms. The molecular weight excluding hydrogens is 364 g/mol. The van der Waals surface area contributed by atoms with Crippen LogP contribution in [0.4, 0.5) is 0 Å². The van der Waals surface area contributed by atoms with Crippen LogP contribution in [0.25, 0.3) is 11.5 Å². The number of hydrogen-bond donors (Lipinski definition) is 0. The first-order chi connectivity index (χ1) is 13.0. The maximum atomic E-state index is 12.8. The van der Waals surface area contributed by atoms with E-state index in [1.807, 2.05) is 19.9 Å². The monoisotopic (exact) mass is 380 g/mol. The number of halogens is 1. The van der Waals surface area contributed by atoms with Crippen LogP contribution in [0, 0.1) is 11.3 Å². The molecule has 0 spiro atoms. The van der Waals surface area contributed by atoms with Gasteiger partial charge in [-0.15, -0.1) is 10.2 Å². The summed E-state index contributed by atoms with van der Waals surface area (Å²) >= 11 is 5.89. The molecule has 0 N–H and O–H groups in total. The van der Waals surface area contributed by atoms with Crippen molar-refractivity contribution in [3.8, 4) is 17.5 Å². The van der Waals surface area contributed by atoms with Crippen molar-refractivity contribution in [1.82, 2.24) is 15.1 Å². The molecule has 6 nitrogen and oxygen atoms in total. The molecule has 27 heavy (non-hydrogen) atoms. The average Bonchev–Trinajstić information content (AvgIpc) is 3.14. The molecule has 0 saturated heterocycles. The SMILES string of the molecule is CC(C)N(Cc1nnc(-c2ccc(Cl)cc2)o1)C(=O)c1ccc(C#N)cc1. The molecule has 1 aromatic heterocycles. The van der Waals surface area contributed by atoms with Crippen LogP contribution >= 0.6 is 11.6 Å². The Morgan fingerprint density at radius 1 is 1.15 bits per heavy atom. The smallest absolute Gasteiger partial charge is 0.254 e. The molecule has 2 aromatic carbocycles. The summed E-state index contributed by atoms with van der Waals surface area (Å²) in [7, 11) is 0. The van der Waals surface area contributed by atoms with Crippen LogP contribution in [0.1, 0.15) is 35.7 Å². The molecule has 0 aliphatic heterocycles. The van der Waals surface area contributed by atoms with Crippen molar-refractivity contribution in [2.75, 3.05) is 0 Å². The lowest BCUT2D eigenvalue weighted by molar-refractivity contribution is 0.0672. The Labute approximate surface area is 162 Å². The van der Waals surface area contributed by atoms with Gasteiger partial charge in [-0.25, -0.2) is 0 Å². The normalized spacial score (nSPS) is 10.6. The number of nitriles is 1. The summed E-state index contributed by atoms with van der Waals surface area (Å²) in [5, 5.41) is 17.6. The predicted molar refractivity (Wildman–Crippen MR) is 101 cm³/mol. The van der Waals surface area contributed by atoms with E-state index in [0.29, 0.717) is 27.9 Å². The zero-order valence-electron chi connectivity index (χ0n) is 14.9. The van der Waals surface area contributed by atoms with Crippen molar-refractivity contribution in [3.63, 3.8) is 0 Å². The molecule has 7 heteroatoms. The molecule has 3 aromatic rings. The Morgan fingerprint density at radius 2 is 1.81 bits per heavy atom. The number of aromatic nitrogens is 2. The van der Waals surface area contributed by atoms with Gasteiger partial charge >= 0.3 is 0 Å². The molecule has 0 unspecified atom stereocenters. The van der Waals surface area contributed by atoms with Gasteiger partial charge in [0, 0.05) is 22.2 Å². The molecular formula is C20H17ClN4O2. The summed E-state index contributed by atoms with van der Waals surface area (Å²) in [5.41, 5.74) is 1.76. The van der Waals surface area contributed by atoms with Crippen LogP contribution < -0.4 is 0 Å². The molecule has 0 fully saturated rings. The van der Waals surface area contributed by atoms with Gasteiger partial charge in [-0.05, 0) is 62.4 Å². The van der Waals surface area contributed by atoms with E-state index in [4.69, 9.17) is 21.3 Å². The molecule has 0 atom stereocenters. The van der Waals surface area contributed by atoms with Gasteiger partial charge in [-0.2, -0.15) is 5.26 Å². The average molecular weight is 381 g/mol. The molecule has 1 heterocycles. The maximum Gasteiger partial charge on any atom is 0.254 e. The summed E-state index contributed by atoms with van der Waals surface area (Å²) in [6, 6.07) is 15.6. The van der Waals surface area contributed by atoms with Crippen LogP contribution in [0.2, 0.25) is 5.02 Å². The second-order valence-electron chi connectivity index (χ2n) is 6.22. The molecule has 3 rings (SSSR count). The van der Waals surface area contributed by atoms with E-state index in [9.17, 15) is 4.79 Å². The van der Waals surface area contributed by atoms with Crippen molar-refractivity contribution in [2.45, 2.75) is 26.4 Å². The van der Waals surface area contributed by atoms with E-state index < -0.39 is 0 Å². The van der Waals surface area contributed by atoms with Crippen LogP contribution in [0.3, 0.4) is 0 Å². The number of nitrogens with zero attached hydrogens (tertiary/aromatic N) is 4. The van der Waals surface area contributed by atoms with Gasteiger partial charge in [0.25, 0.3) is 5.91 Å². The Bertz CT molecular complexity index is 972. The highest BCUT2D eigenvalue weighted by Crippen LogP contribution is 2.21. The number of hydrogen-bond acceptors (Lipinski definition) is 5. The highest BCUT2D eigenvalue weighted by atomic mass is 35.5. The minimum atomic E-state index is -0.166. The van der Waals surface area contributed by atoms with Gasteiger partial charge in [0.05, 0.1) is 18.2 Å². The van der Waals surface area contributed by atoms with E-state index >= 15 is 0 Å².